The number of imidazole rings is 1. The number of rotatable bonds is 5. The molecule has 0 saturated heterocycles. The number of aliphatic hydroxyl groups is 1. The van der Waals surface area contributed by atoms with Gasteiger partial charge in [-0.3, -0.25) is 19.0 Å². The highest BCUT2D eigenvalue weighted by Gasteiger charge is 2.23. The van der Waals surface area contributed by atoms with Crippen LogP contribution in [0.1, 0.15) is 37.9 Å². The van der Waals surface area contributed by atoms with Crippen molar-refractivity contribution in [3.05, 3.63) is 41.9 Å². The van der Waals surface area contributed by atoms with Gasteiger partial charge in [0.05, 0.1) is 66.4 Å². The van der Waals surface area contributed by atoms with Crippen molar-refractivity contribution >= 4 is 17.7 Å². The van der Waals surface area contributed by atoms with E-state index in [2.05, 4.69) is 38.9 Å². The molecule has 0 aromatic carbocycles. The van der Waals surface area contributed by atoms with Gasteiger partial charge in [0.15, 0.2) is 0 Å². The molecule has 1 N–H and O–H groups in total. The van der Waals surface area contributed by atoms with Crippen LogP contribution in [0, 0.1) is 0 Å². The second kappa shape index (κ2) is 10.1. The van der Waals surface area contributed by atoms with Crippen molar-refractivity contribution < 1.29 is 14.6 Å². The van der Waals surface area contributed by atoms with E-state index in [4.69, 9.17) is 9.47 Å². The van der Waals surface area contributed by atoms with Crippen molar-refractivity contribution in [1.82, 2.24) is 38.8 Å². The molecule has 0 spiro atoms. The molecule has 0 saturated carbocycles. The summed E-state index contributed by atoms with van der Waals surface area (Å²) < 4.78 is 17.9. The third-order valence-corrected chi connectivity index (χ3v) is 6.31. The van der Waals surface area contributed by atoms with Crippen LogP contribution in [-0.2, 0) is 20.1 Å². The first-order valence-electron chi connectivity index (χ1n) is 12.3. The highest BCUT2D eigenvalue weighted by molar-refractivity contribution is 5.73. The molecule has 4 aromatic heterocycles. The van der Waals surface area contributed by atoms with Crippen molar-refractivity contribution in [1.29, 1.82) is 0 Å². The Morgan fingerprint density at radius 2 is 2.00 bits per heavy atom. The summed E-state index contributed by atoms with van der Waals surface area (Å²) in [5.41, 5.74) is 4.30. The lowest BCUT2D eigenvalue weighted by molar-refractivity contribution is 0.133. The molecule has 11 heteroatoms. The Bertz CT molecular complexity index is 1390. The van der Waals surface area contributed by atoms with Gasteiger partial charge in [-0.15, -0.1) is 5.10 Å². The summed E-state index contributed by atoms with van der Waals surface area (Å²) in [5, 5.41) is 18.8. The summed E-state index contributed by atoms with van der Waals surface area (Å²) in [4.78, 5) is 11.6. The number of fused-ring (bicyclic) bond motifs is 4. The monoisotopic (exact) mass is 492 g/mol. The Balaban J connectivity index is 1.69. The maximum absolute atomic E-state index is 9.70. The number of nitrogens with zero attached hydrogens (tertiary/aromatic N) is 8. The number of ether oxygens (including phenoxy) is 2. The fraction of sp³-hybridized carbons (Fsp3) is 0.440. The Labute approximate surface area is 209 Å². The van der Waals surface area contributed by atoms with Crippen LogP contribution in [0.2, 0.25) is 0 Å². The van der Waals surface area contributed by atoms with E-state index < -0.39 is 0 Å². The molecule has 5 rings (SSSR count). The molecular formula is C25H32N8O3. The molecule has 0 fully saturated rings. The van der Waals surface area contributed by atoms with Gasteiger partial charge in [-0.05, 0) is 32.5 Å². The standard InChI is InChI=1S/C25H32N8O3/c1-5-31-14-17(3)36-25-20(13-28-30(25)4)21-15-32-18(11-26-21)12-27-23(32)8-7-19-22(16-31)33(9-10-34)29-24(19)35-6-2/h7-8,11-13,15,17,34H,5-6,9-10,14,16H2,1-4H3/b8-7+. The van der Waals surface area contributed by atoms with Gasteiger partial charge in [-0.1, -0.05) is 6.92 Å². The highest BCUT2D eigenvalue weighted by atomic mass is 16.5. The average molecular weight is 493 g/mol. The molecule has 5 heterocycles. The number of hydrogen-bond acceptors (Lipinski definition) is 8. The third kappa shape index (κ3) is 4.47. The van der Waals surface area contributed by atoms with Gasteiger partial charge in [-0.25, -0.2) is 9.67 Å². The van der Waals surface area contributed by atoms with Crippen LogP contribution >= 0.6 is 0 Å². The minimum atomic E-state index is -0.115. The minimum Gasteiger partial charge on any atom is -0.476 e. The second-order valence-corrected chi connectivity index (χ2v) is 8.81. The quantitative estimate of drug-likeness (QED) is 0.453. The van der Waals surface area contributed by atoms with Gasteiger partial charge in [0.25, 0.3) is 0 Å². The van der Waals surface area contributed by atoms with Crippen molar-refractivity contribution in [3.8, 4) is 23.0 Å². The van der Waals surface area contributed by atoms with Crippen molar-refractivity contribution in [2.45, 2.75) is 40.0 Å². The molecule has 0 radical (unpaired) electrons. The fourth-order valence-electron chi connectivity index (χ4n) is 4.53. The second-order valence-electron chi connectivity index (χ2n) is 8.81. The Hall–Kier alpha value is -3.70. The molecule has 36 heavy (non-hydrogen) atoms. The third-order valence-electron chi connectivity index (χ3n) is 6.31. The predicted octanol–water partition coefficient (Wildman–Crippen LogP) is 2.49. The maximum Gasteiger partial charge on any atom is 0.240 e. The van der Waals surface area contributed by atoms with Gasteiger partial charge < -0.3 is 14.6 Å². The molecule has 4 aromatic rings. The Morgan fingerprint density at radius 1 is 1.17 bits per heavy atom. The first-order chi connectivity index (χ1) is 17.5. The summed E-state index contributed by atoms with van der Waals surface area (Å²) in [7, 11) is 1.87. The summed E-state index contributed by atoms with van der Waals surface area (Å²) in [6.07, 6.45) is 11.2. The molecule has 0 aliphatic carbocycles. The zero-order valence-corrected chi connectivity index (χ0v) is 21.1. The maximum atomic E-state index is 9.70. The van der Waals surface area contributed by atoms with Crippen LogP contribution in [0.4, 0.5) is 0 Å². The van der Waals surface area contributed by atoms with E-state index in [0.717, 1.165) is 40.4 Å². The predicted molar refractivity (Wildman–Crippen MR) is 136 cm³/mol. The van der Waals surface area contributed by atoms with Gasteiger partial charge in [-0.2, -0.15) is 5.10 Å². The van der Waals surface area contributed by atoms with Crippen LogP contribution in [0.3, 0.4) is 0 Å². The minimum absolute atomic E-state index is 0.0149. The molecule has 1 aliphatic rings. The van der Waals surface area contributed by atoms with Gasteiger partial charge in [0, 0.05) is 26.3 Å². The molecule has 1 unspecified atom stereocenters. The SMILES string of the molecule is CCOc1nn(CCO)c2c1/C=C/c1ncc3cnc(cn13)-c1cnn(C)c1OC(C)CN(CC)C2. The van der Waals surface area contributed by atoms with Crippen LogP contribution in [0.15, 0.2) is 24.8 Å². The fourth-order valence-corrected chi connectivity index (χ4v) is 4.53. The lowest BCUT2D eigenvalue weighted by atomic mass is 10.2. The normalized spacial score (nSPS) is 17.3. The lowest BCUT2D eigenvalue weighted by Gasteiger charge is -2.25. The van der Waals surface area contributed by atoms with Crippen molar-refractivity contribution in [3.63, 3.8) is 0 Å². The Kier molecular flexibility index (Phi) is 6.75. The molecule has 1 atom stereocenters. The van der Waals surface area contributed by atoms with E-state index in [0.29, 0.717) is 38.0 Å². The van der Waals surface area contributed by atoms with Gasteiger partial charge >= 0.3 is 0 Å². The van der Waals surface area contributed by atoms with Gasteiger partial charge in [0.1, 0.15) is 11.9 Å². The summed E-state index contributed by atoms with van der Waals surface area (Å²) in [6.45, 7) is 9.10. The van der Waals surface area contributed by atoms with Crippen molar-refractivity contribution in [2.24, 2.45) is 7.05 Å². The zero-order valence-electron chi connectivity index (χ0n) is 21.1. The smallest absolute Gasteiger partial charge is 0.240 e. The van der Waals surface area contributed by atoms with Crippen LogP contribution < -0.4 is 9.47 Å². The largest absolute Gasteiger partial charge is 0.476 e. The van der Waals surface area contributed by atoms with Crippen LogP contribution in [-0.4, -0.2) is 76.3 Å². The Morgan fingerprint density at radius 3 is 2.78 bits per heavy atom. The molecule has 2 bridgehead atoms. The summed E-state index contributed by atoms with van der Waals surface area (Å²) in [5.74, 6) is 1.96. The number of aryl methyl sites for hydroxylation is 1. The summed E-state index contributed by atoms with van der Waals surface area (Å²) in [6, 6.07) is 0. The number of aliphatic hydroxyl groups excluding tert-OH is 1. The molecule has 0 amide bonds. The first kappa shape index (κ1) is 24.0. The van der Waals surface area contributed by atoms with Crippen LogP contribution in [0.5, 0.6) is 11.8 Å². The molecular weight excluding hydrogens is 460 g/mol. The van der Waals surface area contributed by atoms with Crippen LogP contribution in [0.25, 0.3) is 28.9 Å². The topological polar surface area (TPSA) is 108 Å². The lowest BCUT2D eigenvalue weighted by Crippen LogP contribution is -2.34. The molecule has 1 aliphatic heterocycles. The van der Waals surface area contributed by atoms with E-state index in [1.54, 1.807) is 23.3 Å². The van der Waals surface area contributed by atoms with Gasteiger partial charge in [0.2, 0.25) is 11.8 Å². The number of likely N-dealkylation sites (N-methyl/N-ethyl adjacent to an activating group) is 1. The van der Waals surface area contributed by atoms with E-state index in [1.807, 2.05) is 41.4 Å². The average Bonchev–Trinajstić information content (AvgIpc) is 3.53. The first-order valence-corrected chi connectivity index (χ1v) is 12.3. The highest BCUT2D eigenvalue weighted by Crippen LogP contribution is 2.31. The van der Waals surface area contributed by atoms with E-state index in [-0.39, 0.29) is 12.7 Å². The summed E-state index contributed by atoms with van der Waals surface area (Å²) >= 11 is 0. The molecule has 190 valence electrons. The van der Waals surface area contributed by atoms with E-state index in [1.165, 1.54) is 0 Å². The number of aromatic nitrogens is 7. The van der Waals surface area contributed by atoms with E-state index in [9.17, 15) is 5.11 Å². The zero-order chi connectivity index (χ0) is 25.2. The van der Waals surface area contributed by atoms with E-state index >= 15 is 0 Å². The number of hydrogen-bond donors (Lipinski definition) is 1. The molecule has 11 nitrogen and oxygen atoms in total. The van der Waals surface area contributed by atoms with Crippen molar-refractivity contribution in [2.75, 3.05) is 26.3 Å².